The molecule has 0 heterocycles. The van der Waals surface area contributed by atoms with E-state index in [0.717, 1.165) is 11.1 Å². The summed E-state index contributed by atoms with van der Waals surface area (Å²) < 4.78 is 0. The molecular weight excluding hydrogens is 144 g/mol. The largest absolute Gasteiger partial charge is 0.106 e. The zero-order chi connectivity index (χ0) is 9.56. The second-order valence-corrected chi connectivity index (χ2v) is 2.35. The van der Waals surface area contributed by atoms with E-state index in [0.29, 0.717) is 0 Å². The molecule has 0 saturated carbocycles. The summed E-state index contributed by atoms with van der Waals surface area (Å²) in [6.45, 7) is 15.7. The molecule has 1 rings (SSSR count). The summed E-state index contributed by atoms with van der Waals surface area (Å²) in [5, 5.41) is 0. The van der Waals surface area contributed by atoms with Crippen LogP contribution in [0.2, 0.25) is 0 Å². The summed E-state index contributed by atoms with van der Waals surface area (Å²) in [5.41, 5.74) is 3.44. The van der Waals surface area contributed by atoms with Gasteiger partial charge in [-0.2, -0.15) is 0 Å². The fourth-order valence-electron chi connectivity index (χ4n) is 1.03. The number of hydrogen-bond donors (Lipinski definition) is 0. The minimum atomic E-state index is 1.05. The molecule has 0 N–H and O–H groups in total. The van der Waals surface area contributed by atoms with Crippen molar-refractivity contribution in [3.05, 3.63) is 67.7 Å². The summed E-state index contributed by atoms with van der Waals surface area (Å²) in [4.78, 5) is 0. The van der Waals surface area contributed by atoms with Crippen molar-refractivity contribution >= 4 is 0 Å². The molecule has 12 heavy (non-hydrogen) atoms. The molecular formula is C12H15. The van der Waals surface area contributed by atoms with E-state index in [-0.39, 0.29) is 0 Å². The second-order valence-electron chi connectivity index (χ2n) is 2.35. The summed E-state index contributed by atoms with van der Waals surface area (Å²) in [7, 11) is 0. The monoisotopic (exact) mass is 159 g/mol. The number of rotatable bonds is 1. The molecule has 0 aliphatic heterocycles. The van der Waals surface area contributed by atoms with E-state index in [4.69, 9.17) is 0 Å². The Balaban J connectivity index is 0.000000561. The van der Waals surface area contributed by atoms with Crippen molar-refractivity contribution in [2.45, 2.75) is 6.92 Å². The van der Waals surface area contributed by atoms with Crippen molar-refractivity contribution < 1.29 is 0 Å². The molecule has 0 fully saturated rings. The first-order valence-electron chi connectivity index (χ1n) is 3.79. The van der Waals surface area contributed by atoms with E-state index in [1.165, 1.54) is 5.57 Å². The minimum Gasteiger partial charge on any atom is -0.106 e. The molecule has 0 saturated heterocycles. The normalized spacial score (nSPS) is 15.2. The Bertz CT molecular complexity index is 239. The van der Waals surface area contributed by atoms with Gasteiger partial charge in [-0.3, -0.25) is 0 Å². The van der Waals surface area contributed by atoms with Gasteiger partial charge >= 0.3 is 0 Å². The van der Waals surface area contributed by atoms with Gasteiger partial charge in [0.05, 0.1) is 0 Å². The van der Waals surface area contributed by atoms with Gasteiger partial charge in [-0.05, 0) is 18.1 Å². The Morgan fingerprint density at radius 1 is 1.33 bits per heavy atom. The van der Waals surface area contributed by atoms with Gasteiger partial charge in [-0.1, -0.05) is 37.0 Å². The molecule has 1 aliphatic carbocycles. The summed E-state index contributed by atoms with van der Waals surface area (Å²) in [6, 6.07) is 0. The van der Waals surface area contributed by atoms with Crippen LogP contribution < -0.4 is 0 Å². The Morgan fingerprint density at radius 2 is 1.92 bits per heavy atom. The predicted octanol–water partition coefficient (Wildman–Crippen LogP) is 3.62. The van der Waals surface area contributed by atoms with E-state index < -0.39 is 0 Å². The average Bonchev–Trinajstić information content (AvgIpc) is 2.08. The Hall–Kier alpha value is -1.30. The van der Waals surface area contributed by atoms with Gasteiger partial charge in [0.25, 0.3) is 0 Å². The van der Waals surface area contributed by atoms with Crippen LogP contribution in [0.1, 0.15) is 6.92 Å². The molecule has 0 aromatic rings. The molecule has 0 aromatic carbocycles. The highest BCUT2D eigenvalue weighted by atomic mass is 14.1. The third-order valence-corrected chi connectivity index (χ3v) is 1.62. The SMILES string of the molecule is C=C.C=CC1=C(C)[CH]C=CC1=C. The van der Waals surface area contributed by atoms with Gasteiger partial charge in [-0.25, -0.2) is 0 Å². The van der Waals surface area contributed by atoms with Crippen molar-refractivity contribution in [2.75, 3.05) is 0 Å². The molecule has 0 nitrogen and oxygen atoms in total. The first-order valence-corrected chi connectivity index (χ1v) is 3.79. The summed E-state index contributed by atoms with van der Waals surface area (Å²) in [6.07, 6.45) is 7.90. The van der Waals surface area contributed by atoms with Crippen LogP contribution in [0.4, 0.5) is 0 Å². The van der Waals surface area contributed by atoms with Crippen LogP contribution >= 0.6 is 0 Å². The molecule has 0 bridgehead atoms. The summed E-state index contributed by atoms with van der Waals surface area (Å²) >= 11 is 0. The van der Waals surface area contributed by atoms with E-state index in [2.05, 4.69) is 39.7 Å². The standard InChI is InChI=1S/C10H11.C2H4/c1-4-10-8(2)6-5-7-9(10)3;1-2/h4-7H,1-2H2,3H3;1-2H2. The van der Waals surface area contributed by atoms with E-state index in [1.54, 1.807) is 0 Å². The predicted molar refractivity (Wildman–Crippen MR) is 56.7 cm³/mol. The highest BCUT2D eigenvalue weighted by molar-refractivity contribution is 5.53. The fourth-order valence-corrected chi connectivity index (χ4v) is 1.03. The average molecular weight is 159 g/mol. The topological polar surface area (TPSA) is 0 Å². The molecule has 0 unspecified atom stereocenters. The van der Waals surface area contributed by atoms with Crippen LogP contribution in [0, 0.1) is 6.42 Å². The molecule has 63 valence electrons. The van der Waals surface area contributed by atoms with Gasteiger partial charge in [-0.15, -0.1) is 13.2 Å². The molecule has 1 aliphatic rings. The van der Waals surface area contributed by atoms with Crippen molar-refractivity contribution in [1.82, 2.24) is 0 Å². The first-order chi connectivity index (χ1) is 5.75. The Kier molecular flexibility index (Phi) is 4.78. The second kappa shape index (κ2) is 5.36. The van der Waals surface area contributed by atoms with Crippen molar-refractivity contribution in [3.63, 3.8) is 0 Å². The quantitative estimate of drug-likeness (QED) is 0.512. The van der Waals surface area contributed by atoms with Gasteiger partial charge in [0.1, 0.15) is 0 Å². The molecule has 0 amide bonds. The van der Waals surface area contributed by atoms with Crippen LogP contribution in [0.25, 0.3) is 0 Å². The highest BCUT2D eigenvalue weighted by Gasteiger charge is 2.03. The van der Waals surface area contributed by atoms with Gasteiger partial charge in [0, 0.05) is 6.42 Å². The van der Waals surface area contributed by atoms with E-state index in [1.807, 2.05) is 18.2 Å². The lowest BCUT2D eigenvalue weighted by atomic mass is 9.95. The molecule has 0 atom stereocenters. The maximum Gasteiger partial charge on any atom is 0.00871 e. The Labute approximate surface area is 75.3 Å². The third kappa shape index (κ3) is 2.39. The number of allylic oxidation sites excluding steroid dienone is 6. The van der Waals surface area contributed by atoms with Crippen LogP contribution in [-0.2, 0) is 0 Å². The lowest BCUT2D eigenvalue weighted by Gasteiger charge is -2.10. The van der Waals surface area contributed by atoms with Crippen molar-refractivity contribution in [1.29, 1.82) is 0 Å². The van der Waals surface area contributed by atoms with Crippen molar-refractivity contribution in [3.8, 4) is 0 Å². The van der Waals surface area contributed by atoms with Crippen LogP contribution in [0.3, 0.4) is 0 Å². The maximum atomic E-state index is 3.88. The van der Waals surface area contributed by atoms with Crippen LogP contribution in [0.15, 0.2) is 61.3 Å². The highest BCUT2D eigenvalue weighted by Crippen LogP contribution is 2.22. The lowest BCUT2D eigenvalue weighted by Crippen LogP contribution is -1.92. The van der Waals surface area contributed by atoms with E-state index in [9.17, 15) is 0 Å². The molecule has 1 radical (unpaired) electrons. The molecule has 0 heteroatoms. The summed E-state index contributed by atoms with van der Waals surface area (Å²) in [5.74, 6) is 0. The lowest BCUT2D eigenvalue weighted by molar-refractivity contribution is 1.32. The van der Waals surface area contributed by atoms with Gasteiger partial charge in [0.15, 0.2) is 0 Å². The first kappa shape index (κ1) is 10.7. The van der Waals surface area contributed by atoms with Gasteiger partial charge < -0.3 is 0 Å². The number of hydrogen-bond acceptors (Lipinski definition) is 0. The van der Waals surface area contributed by atoms with Crippen molar-refractivity contribution in [2.24, 2.45) is 0 Å². The fraction of sp³-hybridized carbons (Fsp3) is 0.0833. The van der Waals surface area contributed by atoms with Gasteiger partial charge in [0.2, 0.25) is 0 Å². The van der Waals surface area contributed by atoms with E-state index >= 15 is 0 Å². The Morgan fingerprint density at radius 3 is 2.25 bits per heavy atom. The smallest absolute Gasteiger partial charge is 0.00871 e. The maximum absolute atomic E-state index is 3.88. The third-order valence-electron chi connectivity index (χ3n) is 1.62. The van der Waals surface area contributed by atoms with Crippen LogP contribution in [-0.4, -0.2) is 0 Å². The zero-order valence-electron chi connectivity index (χ0n) is 7.64. The molecule has 0 spiro atoms. The van der Waals surface area contributed by atoms with Crippen LogP contribution in [0.5, 0.6) is 0 Å². The minimum absolute atomic E-state index is 1.05. The molecule has 0 aromatic heterocycles. The zero-order valence-corrected chi connectivity index (χ0v) is 7.64.